The van der Waals surface area contributed by atoms with Gasteiger partial charge in [-0.3, -0.25) is 0 Å². The van der Waals surface area contributed by atoms with Crippen LogP contribution < -0.4 is 0 Å². The molecule has 0 aromatic heterocycles. The fourth-order valence-electron chi connectivity index (χ4n) is 0.450. The summed E-state index contributed by atoms with van der Waals surface area (Å²) in [7, 11) is -1.32. The van der Waals surface area contributed by atoms with Crippen molar-refractivity contribution in [2.24, 2.45) is 0 Å². The lowest BCUT2D eigenvalue weighted by atomic mass is 9.78. The highest BCUT2D eigenvalue weighted by atomic mass is 16.4. The van der Waals surface area contributed by atoms with Crippen LogP contribution in [0.5, 0.6) is 0 Å². The van der Waals surface area contributed by atoms with Crippen LogP contribution in [0.1, 0.15) is 19.8 Å². The van der Waals surface area contributed by atoms with Crippen molar-refractivity contribution in [2.45, 2.75) is 19.8 Å². The highest BCUT2D eigenvalue weighted by Crippen LogP contribution is 2.00. The van der Waals surface area contributed by atoms with Crippen molar-refractivity contribution in [1.82, 2.24) is 0 Å². The van der Waals surface area contributed by atoms with Gasteiger partial charge in [-0.05, 0) is 11.9 Å². The molecule has 0 unspecified atom stereocenters. The molecule has 0 aromatic carbocycles. The van der Waals surface area contributed by atoms with Crippen LogP contribution in [0.4, 0.5) is 0 Å². The molecule has 2 N–H and O–H groups in total. The van der Waals surface area contributed by atoms with E-state index in [1.54, 1.807) is 0 Å². The number of rotatable bonds is 3. The third-order valence-electron chi connectivity index (χ3n) is 0.936. The Hall–Kier alpha value is -0.275. The van der Waals surface area contributed by atoms with Crippen LogP contribution in [0.2, 0.25) is 0 Å². The van der Waals surface area contributed by atoms with Crippen molar-refractivity contribution in [3.05, 3.63) is 12.1 Å². The fourth-order valence-corrected chi connectivity index (χ4v) is 0.450. The maximum absolute atomic E-state index is 8.41. The SMILES string of the molecule is C=C(CCC)B(O)O. The second-order valence-corrected chi connectivity index (χ2v) is 1.78. The first-order valence-corrected chi connectivity index (χ1v) is 2.72. The Morgan fingerprint density at radius 2 is 2.12 bits per heavy atom. The van der Waals surface area contributed by atoms with E-state index < -0.39 is 7.12 Å². The van der Waals surface area contributed by atoms with E-state index >= 15 is 0 Å². The topological polar surface area (TPSA) is 40.5 Å². The maximum atomic E-state index is 8.41. The first-order valence-electron chi connectivity index (χ1n) is 2.72. The van der Waals surface area contributed by atoms with Gasteiger partial charge < -0.3 is 10.0 Å². The van der Waals surface area contributed by atoms with E-state index in [1.807, 2.05) is 6.92 Å². The van der Waals surface area contributed by atoms with Crippen LogP contribution in [0.15, 0.2) is 12.1 Å². The first kappa shape index (κ1) is 7.72. The molecular weight excluding hydrogens is 103 g/mol. The quantitative estimate of drug-likeness (QED) is 0.520. The second-order valence-electron chi connectivity index (χ2n) is 1.78. The standard InChI is InChI=1S/C5H11BO2/c1-3-4-5(2)6(7)8/h7-8H,2-4H2,1H3. The first-order chi connectivity index (χ1) is 3.68. The van der Waals surface area contributed by atoms with Crippen molar-refractivity contribution >= 4 is 7.12 Å². The lowest BCUT2D eigenvalue weighted by Gasteiger charge is -1.98. The zero-order valence-corrected chi connectivity index (χ0v) is 5.09. The van der Waals surface area contributed by atoms with E-state index in [0.29, 0.717) is 11.9 Å². The van der Waals surface area contributed by atoms with E-state index in [4.69, 9.17) is 10.0 Å². The molecule has 0 aromatic rings. The summed E-state index contributed by atoms with van der Waals surface area (Å²) in [5.41, 5.74) is 0.493. The summed E-state index contributed by atoms with van der Waals surface area (Å²) in [6.45, 7) is 5.41. The van der Waals surface area contributed by atoms with Crippen molar-refractivity contribution in [3.8, 4) is 0 Å². The van der Waals surface area contributed by atoms with Crippen LogP contribution >= 0.6 is 0 Å². The van der Waals surface area contributed by atoms with Crippen LogP contribution in [-0.4, -0.2) is 17.2 Å². The number of hydrogen-bond donors (Lipinski definition) is 2. The van der Waals surface area contributed by atoms with Crippen molar-refractivity contribution in [3.63, 3.8) is 0 Å². The van der Waals surface area contributed by atoms with E-state index in [2.05, 4.69) is 6.58 Å². The highest BCUT2D eigenvalue weighted by Gasteiger charge is 2.09. The van der Waals surface area contributed by atoms with Gasteiger partial charge >= 0.3 is 7.12 Å². The van der Waals surface area contributed by atoms with Crippen LogP contribution in [0.25, 0.3) is 0 Å². The molecule has 8 heavy (non-hydrogen) atoms. The Bertz CT molecular complexity index is 80.5. The molecule has 0 amide bonds. The summed E-state index contributed by atoms with van der Waals surface area (Å²) < 4.78 is 0. The molecule has 3 heteroatoms. The molecule has 0 aliphatic rings. The largest absolute Gasteiger partial charge is 0.483 e. The normalized spacial score (nSPS) is 8.88. The minimum Gasteiger partial charge on any atom is -0.423 e. The second kappa shape index (κ2) is 3.69. The third-order valence-corrected chi connectivity index (χ3v) is 0.936. The minimum absolute atomic E-state index is 0.493. The molecule has 2 nitrogen and oxygen atoms in total. The summed E-state index contributed by atoms with van der Waals surface area (Å²) in [5, 5.41) is 16.8. The molecule has 0 saturated carbocycles. The molecule has 0 aliphatic heterocycles. The lowest BCUT2D eigenvalue weighted by Crippen LogP contribution is -2.13. The summed E-state index contributed by atoms with van der Waals surface area (Å²) in [6, 6.07) is 0. The van der Waals surface area contributed by atoms with Crippen molar-refractivity contribution in [1.29, 1.82) is 0 Å². The van der Waals surface area contributed by atoms with Crippen molar-refractivity contribution < 1.29 is 10.0 Å². The fraction of sp³-hybridized carbons (Fsp3) is 0.600. The molecule has 0 rings (SSSR count). The van der Waals surface area contributed by atoms with Crippen LogP contribution in [-0.2, 0) is 0 Å². The summed E-state index contributed by atoms with van der Waals surface area (Å²) in [5.74, 6) is 0. The molecule has 0 radical (unpaired) electrons. The Morgan fingerprint density at radius 1 is 1.62 bits per heavy atom. The minimum atomic E-state index is -1.32. The Balaban J connectivity index is 3.33. The van der Waals surface area contributed by atoms with E-state index in [-0.39, 0.29) is 0 Å². The van der Waals surface area contributed by atoms with E-state index in [1.165, 1.54) is 0 Å². The molecule has 0 saturated heterocycles. The molecule has 0 bridgehead atoms. The maximum Gasteiger partial charge on any atom is 0.483 e. The zero-order valence-electron chi connectivity index (χ0n) is 5.09. The average Bonchev–Trinajstić information content (AvgIpc) is 1.67. The van der Waals surface area contributed by atoms with Gasteiger partial charge in [-0.15, -0.1) is 6.58 Å². The molecular formula is C5H11BO2. The Morgan fingerprint density at radius 3 is 2.25 bits per heavy atom. The zero-order chi connectivity index (χ0) is 6.57. The molecule has 0 heterocycles. The van der Waals surface area contributed by atoms with E-state index in [9.17, 15) is 0 Å². The predicted octanol–water partition coefficient (Wildman–Crippen LogP) is 0.355. The van der Waals surface area contributed by atoms with Gasteiger partial charge in [0.2, 0.25) is 0 Å². The molecule has 0 atom stereocenters. The number of hydrogen-bond acceptors (Lipinski definition) is 2. The van der Waals surface area contributed by atoms with Crippen molar-refractivity contribution in [2.75, 3.05) is 0 Å². The van der Waals surface area contributed by atoms with Gasteiger partial charge in [-0.1, -0.05) is 13.3 Å². The summed E-state index contributed by atoms with van der Waals surface area (Å²) >= 11 is 0. The molecule has 0 spiro atoms. The smallest absolute Gasteiger partial charge is 0.423 e. The monoisotopic (exact) mass is 114 g/mol. The van der Waals surface area contributed by atoms with Gasteiger partial charge in [-0.25, -0.2) is 0 Å². The molecule has 0 aliphatic carbocycles. The summed E-state index contributed by atoms with van der Waals surface area (Å²) in [4.78, 5) is 0. The molecule has 46 valence electrons. The third kappa shape index (κ3) is 2.83. The number of allylic oxidation sites excluding steroid dienone is 1. The average molecular weight is 114 g/mol. The molecule has 0 fully saturated rings. The van der Waals surface area contributed by atoms with Gasteiger partial charge in [-0.2, -0.15) is 0 Å². The summed E-state index contributed by atoms with van der Waals surface area (Å²) in [6.07, 6.45) is 1.61. The van der Waals surface area contributed by atoms with Gasteiger partial charge in [0.05, 0.1) is 0 Å². The van der Waals surface area contributed by atoms with E-state index in [0.717, 1.165) is 6.42 Å². The van der Waals surface area contributed by atoms with Gasteiger partial charge in [0, 0.05) is 0 Å². The highest BCUT2D eigenvalue weighted by molar-refractivity contribution is 6.50. The lowest BCUT2D eigenvalue weighted by molar-refractivity contribution is 0.416. The van der Waals surface area contributed by atoms with Gasteiger partial charge in [0.25, 0.3) is 0 Å². The van der Waals surface area contributed by atoms with Gasteiger partial charge in [0.1, 0.15) is 0 Å². The van der Waals surface area contributed by atoms with Crippen LogP contribution in [0.3, 0.4) is 0 Å². The Kier molecular flexibility index (Phi) is 3.57. The van der Waals surface area contributed by atoms with Gasteiger partial charge in [0.15, 0.2) is 0 Å². The predicted molar refractivity (Wildman–Crippen MR) is 34.2 cm³/mol. The van der Waals surface area contributed by atoms with Crippen LogP contribution in [0, 0.1) is 0 Å². The Labute approximate surface area is 50.0 Å².